The molecule has 2 aromatic heterocycles. The quantitative estimate of drug-likeness (QED) is 0.724. The average Bonchev–Trinajstić information content (AvgIpc) is 2.67. The van der Waals surface area contributed by atoms with Crippen molar-refractivity contribution >= 4 is 17.5 Å². The first-order valence-electron chi connectivity index (χ1n) is 11.1. The molecule has 0 aromatic carbocycles. The van der Waals surface area contributed by atoms with Gasteiger partial charge in [-0.1, -0.05) is 27.7 Å². The molecule has 0 unspecified atom stereocenters. The van der Waals surface area contributed by atoms with E-state index in [9.17, 15) is 0 Å². The van der Waals surface area contributed by atoms with Gasteiger partial charge in [0.1, 0.15) is 17.5 Å². The van der Waals surface area contributed by atoms with Gasteiger partial charge in [-0.2, -0.15) is 0 Å². The zero-order chi connectivity index (χ0) is 20.4. The summed E-state index contributed by atoms with van der Waals surface area (Å²) >= 11 is 0. The van der Waals surface area contributed by atoms with Crippen molar-refractivity contribution < 1.29 is 4.74 Å². The number of rotatable bonds is 6. The van der Waals surface area contributed by atoms with Gasteiger partial charge in [0.2, 0.25) is 0 Å². The van der Waals surface area contributed by atoms with Crippen LogP contribution in [0.1, 0.15) is 64.0 Å². The topological polar surface area (TPSA) is 50.3 Å². The Hall–Kier alpha value is -2.14. The van der Waals surface area contributed by atoms with E-state index in [4.69, 9.17) is 9.72 Å². The third-order valence-corrected chi connectivity index (χ3v) is 6.76. The molecule has 0 saturated carbocycles. The Kier molecular flexibility index (Phi) is 5.77. The maximum atomic E-state index is 5.72. The van der Waals surface area contributed by atoms with Crippen LogP contribution in [0.15, 0.2) is 30.5 Å². The average molecular weight is 395 g/mol. The van der Waals surface area contributed by atoms with Crippen LogP contribution in [0.5, 0.6) is 0 Å². The highest BCUT2D eigenvalue weighted by Gasteiger charge is 2.38. The van der Waals surface area contributed by atoms with Crippen molar-refractivity contribution in [1.29, 1.82) is 0 Å². The highest BCUT2D eigenvalue weighted by atomic mass is 16.5. The van der Waals surface area contributed by atoms with Crippen LogP contribution < -0.4 is 10.2 Å². The molecule has 5 nitrogen and oxygen atoms in total. The molecule has 0 bridgehead atoms. The van der Waals surface area contributed by atoms with Gasteiger partial charge in [-0.25, -0.2) is 9.97 Å². The fourth-order valence-electron chi connectivity index (χ4n) is 4.52. The van der Waals surface area contributed by atoms with Gasteiger partial charge >= 0.3 is 0 Å². The van der Waals surface area contributed by atoms with Crippen LogP contribution >= 0.6 is 0 Å². The summed E-state index contributed by atoms with van der Waals surface area (Å²) in [6.07, 6.45) is 5.26. The van der Waals surface area contributed by atoms with Gasteiger partial charge in [-0.15, -0.1) is 0 Å². The van der Waals surface area contributed by atoms with Gasteiger partial charge in [0.15, 0.2) is 0 Å². The Morgan fingerprint density at radius 3 is 2.41 bits per heavy atom. The highest BCUT2D eigenvalue weighted by molar-refractivity contribution is 5.59. The zero-order valence-electron chi connectivity index (χ0n) is 18.2. The number of hydrogen-bond donors (Lipinski definition) is 1. The monoisotopic (exact) mass is 394 g/mol. The van der Waals surface area contributed by atoms with Crippen molar-refractivity contribution in [3.8, 4) is 0 Å². The minimum absolute atomic E-state index is 0.143. The van der Waals surface area contributed by atoms with E-state index in [0.29, 0.717) is 11.8 Å². The minimum Gasteiger partial charge on any atom is -0.381 e. The van der Waals surface area contributed by atoms with Gasteiger partial charge in [0.25, 0.3) is 0 Å². The van der Waals surface area contributed by atoms with E-state index in [0.717, 1.165) is 56.6 Å². The molecule has 0 atom stereocenters. The Balaban J connectivity index is 1.72. The third kappa shape index (κ3) is 4.11. The lowest BCUT2D eigenvalue weighted by Crippen LogP contribution is -2.40. The Morgan fingerprint density at radius 1 is 1.03 bits per heavy atom. The number of nitrogens with one attached hydrogen (secondary N) is 1. The number of nitrogens with zero attached hydrogens (tertiary/aromatic N) is 3. The molecule has 5 heteroatoms. The van der Waals surface area contributed by atoms with Gasteiger partial charge in [0.05, 0.1) is 0 Å². The number of aromatic nitrogens is 2. The van der Waals surface area contributed by atoms with E-state index in [1.54, 1.807) is 0 Å². The van der Waals surface area contributed by atoms with Crippen LogP contribution in [0.3, 0.4) is 0 Å². The first-order valence-corrected chi connectivity index (χ1v) is 11.1. The summed E-state index contributed by atoms with van der Waals surface area (Å²) < 4.78 is 5.72. The molecule has 156 valence electrons. The lowest BCUT2D eigenvalue weighted by atomic mass is 9.67. The van der Waals surface area contributed by atoms with E-state index in [1.807, 2.05) is 6.20 Å². The maximum absolute atomic E-state index is 5.72. The zero-order valence-corrected chi connectivity index (χ0v) is 18.2. The summed E-state index contributed by atoms with van der Waals surface area (Å²) in [4.78, 5) is 11.9. The number of anilines is 3. The van der Waals surface area contributed by atoms with Crippen molar-refractivity contribution in [3.05, 3.63) is 41.6 Å². The molecule has 1 N–H and O–H groups in total. The maximum Gasteiger partial charge on any atom is 0.134 e. The van der Waals surface area contributed by atoms with E-state index in [-0.39, 0.29) is 5.41 Å². The second-order valence-electron chi connectivity index (χ2n) is 9.12. The minimum atomic E-state index is 0.143. The van der Waals surface area contributed by atoms with Crippen LogP contribution in [-0.4, -0.2) is 36.3 Å². The lowest BCUT2D eigenvalue weighted by molar-refractivity contribution is 0.0321. The van der Waals surface area contributed by atoms with Crippen LogP contribution in [0.25, 0.3) is 0 Å². The number of pyridine rings is 2. The molecule has 0 amide bonds. The summed E-state index contributed by atoms with van der Waals surface area (Å²) in [5.41, 5.74) is 2.81. The molecular formula is C24H34N4O. The largest absolute Gasteiger partial charge is 0.381 e. The summed E-state index contributed by atoms with van der Waals surface area (Å²) in [5, 5.41) is 3.50. The van der Waals surface area contributed by atoms with Crippen molar-refractivity contribution in [1.82, 2.24) is 9.97 Å². The molecule has 2 aromatic rings. The van der Waals surface area contributed by atoms with E-state index >= 15 is 0 Å². The molecule has 2 saturated heterocycles. The van der Waals surface area contributed by atoms with E-state index < -0.39 is 0 Å². The predicted octanol–water partition coefficient (Wildman–Crippen LogP) is 5.26. The standard InChI is InChI=1S/C24H34N4O/c1-17(2)19-6-9-25-21(14-19)26-22-15-20(16-23(27-22)28-10-5-11-28)24(18(3)4)7-12-29-13-8-24/h6,9,14-18H,5,7-8,10-13H2,1-4H3,(H,25,26,27). The molecule has 0 spiro atoms. The smallest absolute Gasteiger partial charge is 0.134 e. The normalized spacial score (nSPS) is 18.8. The molecule has 2 fully saturated rings. The lowest BCUT2D eigenvalue weighted by Gasteiger charge is -2.42. The number of ether oxygens (including phenoxy) is 1. The SMILES string of the molecule is CC(C)c1ccnc(Nc2cc(C3(C(C)C)CCOCC3)cc(N3CCC3)n2)c1. The summed E-state index contributed by atoms with van der Waals surface area (Å²) in [5.74, 6) is 3.86. The summed E-state index contributed by atoms with van der Waals surface area (Å²) in [6, 6.07) is 8.79. The highest BCUT2D eigenvalue weighted by Crippen LogP contribution is 2.43. The van der Waals surface area contributed by atoms with Crippen molar-refractivity contribution in [3.63, 3.8) is 0 Å². The van der Waals surface area contributed by atoms with Crippen molar-refractivity contribution in [2.45, 2.75) is 58.3 Å². The first kappa shape index (κ1) is 20.1. The van der Waals surface area contributed by atoms with Crippen molar-refractivity contribution in [2.75, 3.05) is 36.5 Å². The Bertz CT molecular complexity index is 839. The third-order valence-electron chi connectivity index (χ3n) is 6.76. The predicted molar refractivity (Wildman–Crippen MR) is 119 cm³/mol. The second kappa shape index (κ2) is 8.31. The van der Waals surface area contributed by atoms with E-state index in [2.05, 4.69) is 67.2 Å². The van der Waals surface area contributed by atoms with Crippen LogP contribution in [0.4, 0.5) is 17.5 Å². The molecule has 29 heavy (non-hydrogen) atoms. The molecule has 0 radical (unpaired) electrons. The molecule has 4 heterocycles. The second-order valence-corrected chi connectivity index (χ2v) is 9.12. The molecule has 0 aliphatic carbocycles. The molecule has 4 rings (SSSR count). The van der Waals surface area contributed by atoms with Crippen LogP contribution in [0.2, 0.25) is 0 Å². The fraction of sp³-hybridized carbons (Fsp3) is 0.583. The molecule has 2 aliphatic heterocycles. The van der Waals surface area contributed by atoms with Crippen LogP contribution in [0, 0.1) is 5.92 Å². The Morgan fingerprint density at radius 2 is 1.79 bits per heavy atom. The molecule has 2 aliphatic rings. The van der Waals surface area contributed by atoms with Crippen molar-refractivity contribution in [2.24, 2.45) is 5.92 Å². The summed E-state index contributed by atoms with van der Waals surface area (Å²) in [6.45, 7) is 12.9. The van der Waals surface area contributed by atoms with Crippen LogP contribution in [-0.2, 0) is 10.2 Å². The Labute approximate surface area is 174 Å². The van der Waals surface area contributed by atoms with Gasteiger partial charge in [-0.3, -0.25) is 0 Å². The van der Waals surface area contributed by atoms with Gasteiger partial charge < -0.3 is 15.0 Å². The molecular weight excluding hydrogens is 360 g/mol. The first-order chi connectivity index (χ1) is 14.0. The summed E-state index contributed by atoms with van der Waals surface area (Å²) in [7, 11) is 0. The fourth-order valence-corrected chi connectivity index (χ4v) is 4.52. The van der Waals surface area contributed by atoms with E-state index in [1.165, 1.54) is 17.5 Å². The van der Waals surface area contributed by atoms with Gasteiger partial charge in [-0.05, 0) is 66.5 Å². The van der Waals surface area contributed by atoms with Gasteiger partial charge in [0, 0.05) is 37.9 Å². The number of hydrogen-bond acceptors (Lipinski definition) is 5.